The Morgan fingerprint density at radius 3 is 2.32 bits per heavy atom. The quantitative estimate of drug-likeness (QED) is 0.447. The molecule has 0 heterocycles. The van der Waals surface area contributed by atoms with Gasteiger partial charge in [-0.1, -0.05) is 24.3 Å². The molecule has 0 unspecified atom stereocenters. The second-order valence-corrected chi connectivity index (χ2v) is 11.0. The van der Waals surface area contributed by atoms with E-state index < -0.39 is 0 Å². The van der Waals surface area contributed by atoms with Crippen LogP contribution >= 0.6 is 15.9 Å². The molecule has 4 fully saturated rings. The van der Waals surface area contributed by atoms with Crippen LogP contribution in [-0.4, -0.2) is 12.1 Å². The van der Waals surface area contributed by atoms with E-state index >= 15 is 0 Å². The van der Waals surface area contributed by atoms with Crippen LogP contribution in [0.4, 0.5) is 0 Å². The Morgan fingerprint density at radius 2 is 1.68 bits per heavy atom. The lowest BCUT2D eigenvalue weighted by molar-refractivity contribution is -0.0206. The zero-order valence-corrected chi connectivity index (χ0v) is 20.3. The van der Waals surface area contributed by atoms with E-state index in [-0.39, 0.29) is 0 Å². The molecule has 4 saturated carbocycles. The van der Waals surface area contributed by atoms with Crippen molar-refractivity contribution in [2.45, 2.75) is 71.1 Å². The van der Waals surface area contributed by atoms with Crippen molar-refractivity contribution in [1.82, 2.24) is 5.32 Å². The summed E-state index contributed by atoms with van der Waals surface area (Å²) in [6.45, 7) is 6.20. The predicted octanol–water partition coefficient (Wildman–Crippen LogP) is 6.79. The van der Waals surface area contributed by atoms with Crippen LogP contribution in [0, 0.1) is 24.7 Å². The second kappa shape index (κ2) is 8.78. The Morgan fingerprint density at radius 1 is 1.00 bits per heavy atom. The summed E-state index contributed by atoms with van der Waals surface area (Å²) in [6.07, 6.45) is 8.55. The van der Waals surface area contributed by atoms with Crippen molar-refractivity contribution >= 4 is 15.9 Å². The molecule has 4 heteroatoms. The Bertz CT molecular complexity index is 906. The summed E-state index contributed by atoms with van der Waals surface area (Å²) in [5, 5.41) is 4.01. The van der Waals surface area contributed by atoms with Crippen molar-refractivity contribution in [2.75, 3.05) is 6.61 Å². The van der Waals surface area contributed by atoms with Gasteiger partial charge in [0.15, 0.2) is 11.5 Å². The topological polar surface area (TPSA) is 30.5 Å². The highest BCUT2D eigenvalue weighted by atomic mass is 79.9. The molecule has 0 atom stereocenters. The first-order valence-corrected chi connectivity index (χ1v) is 12.7. The molecule has 4 bridgehead atoms. The molecule has 0 radical (unpaired) electrons. The number of nitrogens with one attached hydrogen (secondary N) is 1. The Kier molecular flexibility index (Phi) is 6.04. The van der Waals surface area contributed by atoms with Gasteiger partial charge in [-0.3, -0.25) is 0 Å². The van der Waals surface area contributed by atoms with Crippen LogP contribution in [0.3, 0.4) is 0 Å². The average molecular weight is 484 g/mol. The zero-order valence-electron chi connectivity index (χ0n) is 18.8. The second-order valence-electron chi connectivity index (χ2n) is 10.1. The van der Waals surface area contributed by atoms with Gasteiger partial charge in [0.2, 0.25) is 0 Å². The van der Waals surface area contributed by atoms with Crippen molar-refractivity contribution in [2.24, 2.45) is 17.8 Å². The van der Waals surface area contributed by atoms with Gasteiger partial charge < -0.3 is 14.8 Å². The van der Waals surface area contributed by atoms with Crippen LogP contribution in [0.1, 0.15) is 62.1 Å². The summed E-state index contributed by atoms with van der Waals surface area (Å²) < 4.78 is 13.2. The van der Waals surface area contributed by atoms with Gasteiger partial charge in [0.25, 0.3) is 0 Å². The largest absolute Gasteiger partial charge is 0.490 e. The minimum Gasteiger partial charge on any atom is -0.490 e. The summed E-state index contributed by atoms with van der Waals surface area (Å²) in [5.74, 6) is 4.50. The van der Waals surface area contributed by atoms with Crippen molar-refractivity contribution < 1.29 is 9.47 Å². The SMILES string of the molecule is CCOc1cc(CNC23CC4CC(CC(C4)C2)C3)cc(Br)c1OCc1ccccc1C. The third-order valence-corrected chi connectivity index (χ3v) is 8.30. The number of hydrogen-bond acceptors (Lipinski definition) is 3. The summed E-state index contributed by atoms with van der Waals surface area (Å²) in [4.78, 5) is 0. The van der Waals surface area contributed by atoms with E-state index in [0.717, 1.165) is 40.3 Å². The number of rotatable bonds is 8. The summed E-state index contributed by atoms with van der Waals surface area (Å²) in [7, 11) is 0. The minimum atomic E-state index is 0.368. The van der Waals surface area contributed by atoms with E-state index in [2.05, 4.69) is 64.6 Å². The predicted molar refractivity (Wildman–Crippen MR) is 129 cm³/mol. The van der Waals surface area contributed by atoms with Gasteiger partial charge in [-0.2, -0.15) is 0 Å². The van der Waals surface area contributed by atoms with Crippen LogP contribution in [0.2, 0.25) is 0 Å². The van der Waals surface area contributed by atoms with Gasteiger partial charge in [0.1, 0.15) is 6.61 Å². The minimum absolute atomic E-state index is 0.368. The monoisotopic (exact) mass is 483 g/mol. The van der Waals surface area contributed by atoms with Crippen LogP contribution in [0.15, 0.2) is 40.9 Å². The number of halogens is 1. The highest BCUT2D eigenvalue weighted by Crippen LogP contribution is 2.55. The Labute approximate surface area is 195 Å². The molecule has 6 rings (SSSR count). The number of benzene rings is 2. The van der Waals surface area contributed by atoms with Crippen LogP contribution in [-0.2, 0) is 13.2 Å². The lowest BCUT2D eigenvalue weighted by atomic mass is 9.53. The molecule has 0 amide bonds. The Hall–Kier alpha value is -1.52. The Balaban J connectivity index is 1.30. The maximum Gasteiger partial charge on any atom is 0.175 e. The van der Waals surface area contributed by atoms with Crippen molar-refractivity contribution in [3.05, 3.63) is 57.6 Å². The van der Waals surface area contributed by atoms with E-state index in [1.165, 1.54) is 55.2 Å². The molecule has 3 nitrogen and oxygen atoms in total. The van der Waals surface area contributed by atoms with Gasteiger partial charge in [-0.15, -0.1) is 0 Å². The lowest BCUT2D eigenvalue weighted by Gasteiger charge is -2.57. The van der Waals surface area contributed by atoms with E-state index in [9.17, 15) is 0 Å². The molecular formula is C27H34BrNO2. The van der Waals surface area contributed by atoms with Gasteiger partial charge in [-0.05, 0) is 115 Å². The number of hydrogen-bond donors (Lipinski definition) is 1. The maximum absolute atomic E-state index is 6.23. The van der Waals surface area contributed by atoms with Crippen LogP contribution < -0.4 is 14.8 Å². The molecular weight excluding hydrogens is 450 g/mol. The van der Waals surface area contributed by atoms with E-state index in [1.54, 1.807) is 0 Å². The molecule has 0 aromatic heterocycles. The number of aryl methyl sites for hydroxylation is 1. The fraction of sp³-hybridized carbons (Fsp3) is 0.556. The average Bonchev–Trinajstić information content (AvgIpc) is 2.72. The molecule has 4 aliphatic rings. The molecule has 166 valence electrons. The van der Waals surface area contributed by atoms with Crippen molar-refractivity contribution in [1.29, 1.82) is 0 Å². The molecule has 0 spiro atoms. The molecule has 0 saturated heterocycles. The fourth-order valence-corrected chi connectivity index (χ4v) is 7.27. The first-order chi connectivity index (χ1) is 15.0. The summed E-state index contributed by atoms with van der Waals surface area (Å²) in [6, 6.07) is 12.7. The molecule has 4 aliphatic carbocycles. The molecule has 2 aromatic carbocycles. The van der Waals surface area contributed by atoms with Crippen molar-refractivity contribution in [3.63, 3.8) is 0 Å². The van der Waals surface area contributed by atoms with Gasteiger partial charge in [0, 0.05) is 12.1 Å². The van der Waals surface area contributed by atoms with Gasteiger partial charge in [0.05, 0.1) is 11.1 Å². The third-order valence-electron chi connectivity index (χ3n) is 7.71. The fourth-order valence-electron chi connectivity index (χ4n) is 6.67. The summed E-state index contributed by atoms with van der Waals surface area (Å²) in [5.41, 5.74) is 4.07. The highest BCUT2D eigenvalue weighted by Gasteiger charge is 2.50. The van der Waals surface area contributed by atoms with E-state index in [0.29, 0.717) is 18.8 Å². The van der Waals surface area contributed by atoms with Crippen LogP contribution in [0.5, 0.6) is 11.5 Å². The van der Waals surface area contributed by atoms with Crippen LogP contribution in [0.25, 0.3) is 0 Å². The first kappa shape index (κ1) is 21.3. The molecule has 2 aromatic rings. The molecule has 31 heavy (non-hydrogen) atoms. The smallest absolute Gasteiger partial charge is 0.175 e. The van der Waals surface area contributed by atoms with Crippen molar-refractivity contribution in [3.8, 4) is 11.5 Å². The molecule has 1 N–H and O–H groups in total. The first-order valence-electron chi connectivity index (χ1n) is 11.9. The third kappa shape index (κ3) is 4.52. The van der Waals surface area contributed by atoms with Gasteiger partial charge in [-0.25, -0.2) is 0 Å². The lowest BCUT2D eigenvalue weighted by Crippen LogP contribution is -2.58. The van der Waals surface area contributed by atoms with E-state index in [1.807, 2.05) is 6.92 Å². The van der Waals surface area contributed by atoms with E-state index in [4.69, 9.17) is 9.47 Å². The number of ether oxygens (including phenoxy) is 2. The van der Waals surface area contributed by atoms with Gasteiger partial charge >= 0.3 is 0 Å². The standard InChI is InChI=1S/C27H34BrNO2/c1-3-30-25-12-22(11-24(28)26(25)31-17-23-7-5-4-6-18(23)2)16-29-27-13-19-8-20(14-27)10-21(9-19)15-27/h4-7,11-12,19-21,29H,3,8-10,13-17H2,1-2H3. The summed E-state index contributed by atoms with van der Waals surface area (Å²) >= 11 is 3.76. The molecule has 0 aliphatic heterocycles. The maximum atomic E-state index is 6.23. The zero-order chi connectivity index (χ0) is 21.4. The normalized spacial score (nSPS) is 28.7. The highest BCUT2D eigenvalue weighted by molar-refractivity contribution is 9.10.